The predicted molar refractivity (Wildman–Crippen MR) is 141 cm³/mol. The average molecular weight is 563 g/mol. The Kier molecular flexibility index (Phi) is 8.93. The number of amides is 2. The summed E-state index contributed by atoms with van der Waals surface area (Å²) in [4.78, 5) is 25.2. The summed E-state index contributed by atoms with van der Waals surface area (Å²) in [6.07, 6.45) is 1.72. The molecule has 2 amide bonds. The molecule has 0 saturated carbocycles. The van der Waals surface area contributed by atoms with Gasteiger partial charge < -0.3 is 15.2 Å². The lowest BCUT2D eigenvalue weighted by atomic mass is 10.1. The van der Waals surface area contributed by atoms with E-state index in [9.17, 15) is 9.59 Å². The standard InChI is InChI=1S/C24H25BrClN5O2S/c1-5-10-31-22(16(4)27-23(33)17-6-8-19(26)9-7-17)29-30-24(31)34-13-20(32)28-21-14(2)11-18(25)12-15(21)3/h5-9,11-12,16H,1,10,13H2,2-4H3,(H,27,33)(H,28,32)/t16-/m1/s1. The number of anilines is 1. The van der Waals surface area contributed by atoms with Crippen LogP contribution in [0.25, 0.3) is 0 Å². The van der Waals surface area contributed by atoms with E-state index in [0.29, 0.717) is 28.1 Å². The van der Waals surface area contributed by atoms with Gasteiger partial charge in [-0.2, -0.15) is 0 Å². The summed E-state index contributed by atoms with van der Waals surface area (Å²) in [5.41, 5.74) is 3.26. The Bertz CT molecular complexity index is 1190. The Hall–Kier alpha value is -2.62. The van der Waals surface area contributed by atoms with E-state index in [-0.39, 0.29) is 17.6 Å². The van der Waals surface area contributed by atoms with Crippen molar-refractivity contribution in [1.29, 1.82) is 0 Å². The SMILES string of the molecule is C=CCn1c(SCC(=O)Nc2c(C)cc(Br)cc2C)nnc1[C@@H](C)NC(=O)c1ccc(Cl)cc1. The molecule has 34 heavy (non-hydrogen) atoms. The van der Waals surface area contributed by atoms with E-state index in [4.69, 9.17) is 11.6 Å². The lowest BCUT2D eigenvalue weighted by molar-refractivity contribution is -0.113. The van der Waals surface area contributed by atoms with Crippen molar-refractivity contribution in [3.63, 3.8) is 0 Å². The Balaban J connectivity index is 1.68. The minimum atomic E-state index is -0.410. The van der Waals surface area contributed by atoms with Gasteiger partial charge in [0.25, 0.3) is 5.91 Å². The molecular formula is C24H25BrClN5O2S. The van der Waals surface area contributed by atoms with Crippen LogP contribution < -0.4 is 10.6 Å². The molecule has 0 fully saturated rings. The Morgan fingerprint density at radius 2 is 1.85 bits per heavy atom. The van der Waals surface area contributed by atoms with Crippen molar-refractivity contribution in [1.82, 2.24) is 20.1 Å². The lowest BCUT2D eigenvalue weighted by Crippen LogP contribution is -2.28. The number of carbonyl (C=O) groups is 2. The Morgan fingerprint density at radius 1 is 1.21 bits per heavy atom. The number of aromatic nitrogens is 3. The second-order valence-corrected chi connectivity index (χ2v) is 9.99. The smallest absolute Gasteiger partial charge is 0.251 e. The van der Waals surface area contributed by atoms with Crippen LogP contribution in [0.5, 0.6) is 0 Å². The van der Waals surface area contributed by atoms with Crippen LogP contribution in [0.2, 0.25) is 5.02 Å². The first-order valence-electron chi connectivity index (χ1n) is 10.5. The molecule has 0 saturated heterocycles. The van der Waals surface area contributed by atoms with E-state index in [1.54, 1.807) is 30.3 Å². The van der Waals surface area contributed by atoms with Crippen molar-refractivity contribution in [3.8, 4) is 0 Å². The van der Waals surface area contributed by atoms with E-state index in [0.717, 1.165) is 21.3 Å². The number of allylic oxidation sites excluding steroid dienone is 1. The van der Waals surface area contributed by atoms with E-state index in [1.165, 1.54) is 11.8 Å². The van der Waals surface area contributed by atoms with Gasteiger partial charge >= 0.3 is 0 Å². The molecule has 2 aromatic carbocycles. The zero-order chi connectivity index (χ0) is 24.8. The third-order valence-electron chi connectivity index (χ3n) is 4.99. The average Bonchev–Trinajstić information content (AvgIpc) is 3.18. The first-order valence-corrected chi connectivity index (χ1v) is 12.6. The fourth-order valence-electron chi connectivity index (χ4n) is 3.39. The van der Waals surface area contributed by atoms with Crippen LogP contribution >= 0.6 is 39.3 Å². The molecule has 0 aliphatic carbocycles. The first-order chi connectivity index (χ1) is 16.2. The highest BCUT2D eigenvalue weighted by Gasteiger charge is 2.21. The molecule has 3 rings (SSSR count). The molecule has 7 nitrogen and oxygen atoms in total. The molecule has 2 N–H and O–H groups in total. The molecule has 0 radical (unpaired) electrons. The fraction of sp³-hybridized carbons (Fsp3) is 0.250. The van der Waals surface area contributed by atoms with Gasteiger partial charge in [-0.05, 0) is 68.3 Å². The van der Waals surface area contributed by atoms with Crippen LogP contribution in [0, 0.1) is 13.8 Å². The molecule has 10 heteroatoms. The van der Waals surface area contributed by atoms with E-state index >= 15 is 0 Å². The van der Waals surface area contributed by atoms with Gasteiger partial charge in [-0.25, -0.2) is 0 Å². The molecule has 178 valence electrons. The second kappa shape index (κ2) is 11.7. The van der Waals surface area contributed by atoms with Gasteiger partial charge in [0.05, 0.1) is 11.8 Å². The molecular weight excluding hydrogens is 538 g/mol. The minimum absolute atomic E-state index is 0.141. The van der Waals surface area contributed by atoms with Crippen molar-refractivity contribution in [2.24, 2.45) is 0 Å². The van der Waals surface area contributed by atoms with Crippen molar-refractivity contribution >= 4 is 56.8 Å². The van der Waals surface area contributed by atoms with Gasteiger partial charge in [0.1, 0.15) is 0 Å². The summed E-state index contributed by atoms with van der Waals surface area (Å²) in [6.45, 7) is 9.98. The van der Waals surface area contributed by atoms with Crippen molar-refractivity contribution in [3.05, 3.63) is 81.1 Å². The third kappa shape index (κ3) is 6.49. The number of nitrogens with one attached hydrogen (secondary N) is 2. The van der Waals surface area contributed by atoms with Gasteiger partial charge in [-0.3, -0.25) is 9.59 Å². The maximum absolute atomic E-state index is 12.6. The summed E-state index contributed by atoms with van der Waals surface area (Å²) in [7, 11) is 0. The third-order valence-corrected chi connectivity index (χ3v) is 6.67. The van der Waals surface area contributed by atoms with E-state index in [1.807, 2.05) is 37.5 Å². The van der Waals surface area contributed by atoms with Gasteiger partial charge in [-0.1, -0.05) is 45.4 Å². The highest BCUT2D eigenvalue weighted by Crippen LogP contribution is 2.26. The number of hydrogen-bond donors (Lipinski definition) is 2. The number of rotatable bonds is 9. The van der Waals surface area contributed by atoms with Crippen LogP contribution in [-0.4, -0.2) is 32.3 Å². The quantitative estimate of drug-likeness (QED) is 0.257. The monoisotopic (exact) mass is 561 g/mol. The maximum Gasteiger partial charge on any atom is 0.251 e. The highest BCUT2D eigenvalue weighted by molar-refractivity contribution is 9.10. The molecule has 3 aromatic rings. The zero-order valence-electron chi connectivity index (χ0n) is 19.1. The number of thioether (sulfide) groups is 1. The first kappa shape index (κ1) is 26.0. The zero-order valence-corrected chi connectivity index (χ0v) is 22.2. The predicted octanol–water partition coefficient (Wildman–Crippen LogP) is 5.72. The number of benzene rings is 2. The van der Waals surface area contributed by atoms with Crippen molar-refractivity contribution < 1.29 is 9.59 Å². The number of carbonyl (C=O) groups excluding carboxylic acids is 2. The molecule has 1 aromatic heterocycles. The van der Waals surface area contributed by atoms with E-state index < -0.39 is 6.04 Å². The van der Waals surface area contributed by atoms with Gasteiger partial charge in [0.2, 0.25) is 5.91 Å². The summed E-state index contributed by atoms with van der Waals surface area (Å²) in [5.74, 6) is 0.351. The number of hydrogen-bond acceptors (Lipinski definition) is 5. The van der Waals surface area contributed by atoms with Crippen molar-refractivity contribution in [2.45, 2.75) is 38.5 Å². The summed E-state index contributed by atoms with van der Waals surface area (Å²) >= 11 is 10.6. The molecule has 0 aliphatic rings. The normalized spacial score (nSPS) is 11.7. The van der Waals surface area contributed by atoms with Crippen LogP contribution in [-0.2, 0) is 11.3 Å². The molecule has 1 atom stereocenters. The maximum atomic E-state index is 12.6. The van der Waals surface area contributed by atoms with Gasteiger partial charge in [0, 0.05) is 27.3 Å². The largest absolute Gasteiger partial charge is 0.342 e. The van der Waals surface area contributed by atoms with Crippen LogP contribution in [0.3, 0.4) is 0 Å². The van der Waals surface area contributed by atoms with Crippen molar-refractivity contribution in [2.75, 3.05) is 11.1 Å². The Morgan fingerprint density at radius 3 is 2.47 bits per heavy atom. The summed E-state index contributed by atoms with van der Waals surface area (Å²) < 4.78 is 2.81. The number of halogens is 2. The molecule has 0 aliphatic heterocycles. The Labute approximate surface area is 216 Å². The minimum Gasteiger partial charge on any atom is -0.342 e. The van der Waals surface area contributed by atoms with Gasteiger partial charge in [0.15, 0.2) is 11.0 Å². The molecule has 1 heterocycles. The van der Waals surface area contributed by atoms with Crippen LogP contribution in [0.4, 0.5) is 5.69 Å². The number of nitrogens with zero attached hydrogens (tertiary/aromatic N) is 3. The van der Waals surface area contributed by atoms with Crippen LogP contribution in [0.1, 0.15) is 40.3 Å². The highest BCUT2D eigenvalue weighted by atomic mass is 79.9. The molecule has 0 unspecified atom stereocenters. The fourth-order valence-corrected chi connectivity index (χ4v) is 4.95. The summed E-state index contributed by atoms with van der Waals surface area (Å²) in [6, 6.07) is 10.2. The van der Waals surface area contributed by atoms with Gasteiger partial charge in [-0.15, -0.1) is 16.8 Å². The number of aryl methyl sites for hydroxylation is 2. The second-order valence-electron chi connectivity index (χ2n) is 7.69. The molecule has 0 spiro atoms. The molecule has 0 bridgehead atoms. The van der Waals surface area contributed by atoms with E-state index in [2.05, 4.69) is 43.3 Å². The summed E-state index contributed by atoms with van der Waals surface area (Å²) in [5, 5.41) is 15.6. The van der Waals surface area contributed by atoms with Crippen LogP contribution in [0.15, 0.2) is 58.7 Å². The topological polar surface area (TPSA) is 88.9 Å². The lowest BCUT2D eigenvalue weighted by Gasteiger charge is -2.15.